The summed E-state index contributed by atoms with van der Waals surface area (Å²) in [6.07, 6.45) is 4.61. The van der Waals surface area contributed by atoms with Crippen LogP contribution in [0.4, 0.5) is 0 Å². The van der Waals surface area contributed by atoms with Crippen molar-refractivity contribution in [3.05, 3.63) is 30.1 Å². The van der Waals surface area contributed by atoms with E-state index in [4.69, 9.17) is 5.11 Å². The van der Waals surface area contributed by atoms with E-state index >= 15 is 0 Å². The fraction of sp³-hybridized carbons (Fsp3) is 0.500. The van der Waals surface area contributed by atoms with Crippen molar-refractivity contribution < 1.29 is 5.11 Å². The van der Waals surface area contributed by atoms with Crippen LogP contribution < -0.4 is 5.32 Å². The number of nitrogens with one attached hydrogen (secondary N) is 2. The number of H-pyrrole nitrogens is 1. The van der Waals surface area contributed by atoms with Gasteiger partial charge in [-0.05, 0) is 29.5 Å². The largest absolute Gasteiger partial charge is 0.396 e. The van der Waals surface area contributed by atoms with Crippen LogP contribution in [0.3, 0.4) is 0 Å². The molecule has 0 aliphatic rings. The number of pyridine rings is 1. The second-order valence-electron chi connectivity index (χ2n) is 5.45. The predicted molar refractivity (Wildman–Crippen MR) is 73.3 cm³/mol. The molecule has 4 nitrogen and oxygen atoms in total. The third-order valence-electron chi connectivity index (χ3n) is 3.24. The average molecular weight is 247 g/mol. The summed E-state index contributed by atoms with van der Waals surface area (Å²) in [4.78, 5) is 7.44. The van der Waals surface area contributed by atoms with Gasteiger partial charge in [-0.3, -0.25) is 0 Å². The minimum absolute atomic E-state index is 0.124. The summed E-state index contributed by atoms with van der Waals surface area (Å²) < 4.78 is 0. The number of aromatic amines is 1. The zero-order valence-electron chi connectivity index (χ0n) is 11.0. The molecule has 2 rings (SSSR count). The van der Waals surface area contributed by atoms with E-state index in [2.05, 4.69) is 35.2 Å². The first-order chi connectivity index (χ1) is 8.62. The molecule has 0 aliphatic heterocycles. The first kappa shape index (κ1) is 13.1. The molecule has 2 heterocycles. The number of aromatic nitrogens is 2. The maximum absolute atomic E-state index is 8.99. The molecule has 0 saturated carbocycles. The van der Waals surface area contributed by atoms with Gasteiger partial charge in [0.05, 0.1) is 0 Å². The number of nitrogens with zero attached hydrogens (tertiary/aromatic N) is 1. The van der Waals surface area contributed by atoms with Crippen LogP contribution in [0.1, 0.15) is 25.8 Å². The number of aliphatic hydroxyl groups is 1. The molecule has 0 aromatic carbocycles. The van der Waals surface area contributed by atoms with Gasteiger partial charge in [0, 0.05) is 37.5 Å². The second-order valence-corrected chi connectivity index (χ2v) is 5.45. The molecule has 2 aromatic heterocycles. The van der Waals surface area contributed by atoms with Crippen LogP contribution in [0, 0.1) is 5.41 Å². The van der Waals surface area contributed by atoms with Gasteiger partial charge in [-0.25, -0.2) is 4.98 Å². The number of hydrogen-bond donors (Lipinski definition) is 3. The summed E-state index contributed by atoms with van der Waals surface area (Å²) in [5, 5.41) is 13.6. The fourth-order valence-electron chi connectivity index (χ4n) is 2.09. The lowest BCUT2D eigenvalue weighted by molar-refractivity contribution is 0.207. The van der Waals surface area contributed by atoms with Crippen molar-refractivity contribution in [2.75, 3.05) is 13.2 Å². The molecule has 0 amide bonds. The summed E-state index contributed by atoms with van der Waals surface area (Å²) in [7, 11) is 0. The highest BCUT2D eigenvalue weighted by Crippen LogP contribution is 2.19. The maximum Gasteiger partial charge on any atom is 0.137 e. The van der Waals surface area contributed by atoms with E-state index in [9.17, 15) is 0 Å². The first-order valence-electron chi connectivity index (χ1n) is 6.35. The molecule has 2 aromatic rings. The highest BCUT2D eigenvalue weighted by atomic mass is 16.3. The number of hydrogen-bond acceptors (Lipinski definition) is 3. The average Bonchev–Trinajstić information content (AvgIpc) is 2.73. The number of rotatable bonds is 6. The minimum atomic E-state index is 0.124. The minimum Gasteiger partial charge on any atom is -0.396 e. The molecule has 0 atom stereocenters. The van der Waals surface area contributed by atoms with Crippen LogP contribution in [0.5, 0.6) is 0 Å². The molecular formula is C14H21N3O. The molecule has 0 bridgehead atoms. The van der Waals surface area contributed by atoms with E-state index in [1.165, 1.54) is 10.9 Å². The molecule has 98 valence electrons. The van der Waals surface area contributed by atoms with Gasteiger partial charge in [0.25, 0.3) is 0 Å². The maximum atomic E-state index is 8.99. The molecule has 0 unspecified atom stereocenters. The molecule has 0 saturated heterocycles. The van der Waals surface area contributed by atoms with Gasteiger partial charge in [-0.15, -0.1) is 0 Å². The number of aliphatic hydroxyl groups excluding tert-OH is 1. The first-order valence-corrected chi connectivity index (χ1v) is 6.35. The van der Waals surface area contributed by atoms with E-state index in [1.54, 1.807) is 6.20 Å². The van der Waals surface area contributed by atoms with Crippen molar-refractivity contribution in [1.82, 2.24) is 15.3 Å². The summed E-state index contributed by atoms with van der Waals surface area (Å²) >= 11 is 0. The predicted octanol–water partition coefficient (Wildman–Crippen LogP) is 2.06. The smallest absolute Gasteiger partial charge is 0.137 e. The Morgan fingerprint density at radius 1 is 1.44 bits per heavy atom. The lowest BCUT2D eigenvalue weighted by atomic mass is 9.90. The molecule has 0 spiro atoms. The molecule has 4 heteroatoms. The van der Waals surface area contributed by atoms with Crippen molar-refractivity contribution in [3.63, 3.8) is 0 Å². The molecule has 18 heavy (non-hydrogen) atoms. The lowest BCUT2D eigenvalue weighted by Crippen LogP contribution is -2.29. The number of fused-ring (bicyclic) bond motifs is 1. The molecule has 3 N–H and O–H groups in total. The molecule has 0 radical (unpaired) electrons. The lowest BCUT2D eigenvalue weighted by Gasteiger charge is -2.23. The van der Waals surface area contributed by atoms with Gasteiger partial charge in [0.1, 0.15) is 5.65 Å². The van der Waals surface area contributed by atoms with Crippen LogP contribution in [-0.2, 0) is 6.54 Å². The fourth-order valence-corrected chi connectivity index (χ4v) is 2.09. The topological polar surface area (TPSA) is 60.9 Å². The quantitative estimate of drug-likeness (QED) is 0.732. The van der Waals surface area contributed by atoms with Crippen molar-refractivity contribution >= 4 is 11.0 Å². The standard InChI is InChI=1S/C14H21N3O/c1-14(2,5-7-18)10-15-8-11-9-17-13-12(11)4-3-6-16-13/h3-4,6,9,15,18H,5,7-8,10H2,1-2H3,(H,16,17). The molecule has 0 aliphatic carbocycles. The normalized spacial score (nSPS) is 12.2. The monoisotopic (exact) mass is 247 g/mol. The zero-order chi connectivity index (χ0) is 13.0. The third kappa shape index (κ3) is 3.09. The Balaban J connectivity index is 1.94. The van der Waals surface area contributed by atoms with Crippen LogP contribution >= 0.6 is 0 Å². The van der Waals surface area contributed by atoms with E-state index in [0.29, 0.717) is 0 Å². The zero-order valence-corrected chi connectivity index (χ0v) is 11.0. The van der Waals surface area contributed by atoms with Gasteiger partial charge >= 0.3 is 0 Å². The van der Waals surface area contributed by atoms with Gasteiger partial charge in [-0.1, -0.05) is 13.8 Å². The van der Waals surface area contributed by atoms with E-state index in [0.717, 1.165) is 25.2 Å². The van der Waals surface area contributed by atoms with Crippen LogP contribution in [0.2, 0.25) is 0 Å². The summed E-state index contributed by atoms with van der Waals surface area (Å²) in [5.41, 5.74) is 2.29. The second kappa shape index (κ2) is 5.50. The summed E-state index contributed by atoms with van der Waals surface area (Å²) in [6, 6.07) is 4.03. The van der Waals surface area contributed by atoms with Crippen LogP contribution in [-0.4, -0.2) is 28.2 Å². The van der Waals surface area contributed by atoms with Crippen molar-refractivity contribution in [3.8, 4) is 0 Å². The van der Waals surface area contributed by atoms with E-state index < -0.39 is 0 Å². The third-order valence-corrected chi connectivity index (χ3v) is 3.24. The van der Waals surface area contributed by atoms with Gasteiger partial charge < -0.3 is 15.4 Å². The van der Waals surface area contributed by atoms with Crippen LogP contribution in [0.25, 0.3) is 11.0 Å². The Bertz CT molecular complexity index is 504. The van der Waals surface area contributed by atoms with Crippen molar-refractivity contribution in [2.45, 2.75) is 26.8 Å². The van der Waals surface area contributed by atoms with Gasteiger partial charge in [0.2, 0.25) is 0 Å². The Morgan fingerprint density at radius 3 is 3.06 bits per heavy atom. The van der Waals surface area contributed by atoms with Crippen molar-refractivity contribution in [1.29, 1.82) is 0 Å². The molecule has 0 fully saturated rings. The Hall–Kier alpha value is -1.39. The van der Waals surface area contributed by atoms with E-state index in [-0.39, 0.29) is 12.0 Å². The van der Waals surface area contributed by atoms with E-state index in [1.807, 2.05) is 12.3 Å². The Morgan fingerprint density at radius 2 is 2.28 bits per heavy atom. The SMILES string of the molecule is CC(C)(CCO)CNCc1c[nH]c2ncccc12. The van der Waals surface area contributed by atoms with Gasteiger partial charge in [0.15, 0.2) is 0 Å². The molecular weight excluding hydrogens is 226 g/mol. The summed E-state index contributed by atoms with van der Waals surface area (Å²) in [6.45, 7) is 6.27. The van der Waals surface area contributed by atoms with Crippen LogP contribution in [0.15, 0.2) is 24.5 Å². The Kier molecular flexibility index (Phi) is 3.99. The van der Waals surface area contributed by atoms with Crippen molar-refractivity contribution in [2.24, 2.45) is 5.41 Å². The Labute approximate surface area is 107 Å². The highest BCUT2D eigenvalue weighted by Gasteiger charge is 2.16. The van der Waals surface area contributed by atoms with Gasteiger partial charge in [-0.2, -0.15) is 0 Å². The summed E-state index contributed by atoms with van der Waals surface area (Å²) in [5.74, 6) is 0. The highest BCUT2D eigenvalue weighted by molar-refractivity contribution is 5.79.